The van der Waals surface area contributed by atoms with E-state index in [0.29, 0.717) is 4.47 Å². The molecule has 0 radical (unpaired) electrons. The molecule has 5 nitrogen and oxygen atoms in total. The van der Waals surface area contributed by atoms with Crippen LogP contribution in [0.15, 0.2) is 22.7 Å². The maximum absolute atomic E-state index is 12.4. The third-order valence-electron chi connectivity index (χ3n) is 2.02. The number of ether oxygens (including phenoxy) is 1. The second kappa shape index (κ2) is 5.37. The van der Waals surface area contributed by atoms with E-state index in [-0.39, 0.29) is 27.8 Å². The summed E-state index contributed by atoms with van der Waals surface area (Å²) < 4.78 is 42.6. The molecule has 0 fully saturated rings. The number of carboxylic acid groups (broad SMARTS) is 1. The van der Waals surface area contributed by atoms with Crippen LogP contribution in [0, 0.1) is 0 Å². The summed E-state index contributed by atoms with van der Waals surface area (Å²) in [6, 6.07) is 4.07. The molecule has 0 aliphatic rings. The van der Waals surface area contributed by atoms with Crippen LogP contribution in [0.25, 0.3) is 0 Å². The summed E-state index contributed by atoms with van der Waals surface area (Å²) in [5.74, 6) is -1.40. The molecule has 2 aromatic rings. The summed E-state index contributed by atoms with van der Waals surface area (Å²) in [4.78, 5) is 11.0. The number of rotatable bonds is 3. The van der Waals surface area contributed by atoms with E-state index >= 15 is 0 Å². The molecule has 20 heavy (non-hydrogen) atoms. The van der Waals surface area contributed by atoms with Crippen molar-refractivity contribution >= 4 is 33.2 Å². The van der Waals surface area contributed by atoms with E-state index in [0.717, 1.165) is 0 Å². The fraction of sp³-hybridized carbons (Fsp3) is 0.100. The first-order chi connectivity index (χ1) is 9.27. The Morgan fingerprint density at radius 1 is 1.35 bits per heavy atom. The monoisotopic (exact) mass is 368 g/mol. The summed E-state index contributed by atoms with van der Waals surface area (Å²) >= 11 is 3.27. The van der Waals surface area contributed by atoms with E-state index in [1.54, 1.807) is 0 Å². The lowest BCUT2D eigenvalue weighted by Crippen LogP contribution is -2.03. The van der Waals surface area contributed by atoms with Crippen molar-refractivity contribution in [1.29, 1.82) is 0 Å². The highest BCUT2D eigenvalue weighted by Crippen LogP contribution is 2.36. The smallest absolute Gasteiger partial charge is 0.445 e. The minimum absolute atomic E-state index is 0.120. The number of aromatic carboxylic acids is 1. The van der Waals surface area contributed by atoms with Crippen LogP contribution in [-0.4, -0.2) is 21.3 Å². The first kappa shape index (κ1) is 14.7. The number of hydrogen-bond acceptors (Lipinski definition) is 5. The molecule has 0 atom stereocenters. The molecule has 1 heterocycles. The van der Waals surface area contributed by atoms with Gasteiger partial charge in [-0.1, -0.05) is 32.4 Å². The van der Waals surface area contributed by atoms with Gasteiger partial charge in [-0.15, -0.1) is 5.10 Å². The average Bonchev–Trinajstić information content (AvgIpc) is 2.79. The molecule has 2 rings (SSSR count). The van der Waals surface area contributed by atoms with E-state index < -0.39 is 17.2 Å². The maximum atomic E-state index is 12.4. The van der Waals surface area contributed by atoms with Gasteiger partial charge in [-0.05, 0) is 18.2 Å². The number of hydrogen-bond donors (Lipinski definition) is 1. The zero-order chi connectivity index (χ0) is 14.9. The maximum Gasteiger partial charge on any atom is 0.445 e. The lowest BCUT2D eigenvalue weighted by molar-refractivity contribution is -0.138. The second-order valence-corrected chi connectivity index (χ2v) is 5.27. The molecule has 0 amide bonds. The molecule has 0 aliphatic heterocycles. The van der Waals surface area contributed by atoms with Crippen molar-refractivity contribution in [2.45, 2.75) is 6.18 Å². The normalized spacial score (nSPS) is 11.4. The minimum Gasteiger partial charge on any atom is -0.478 e. The van der Waals surface area contributed by atoms with Crippen LogP contribution >= 0.6 is 27.3 Å². The van der Waals surface area contributed by atoms with Crippen LogP contribution in [-0.2, 0) is 6.18 Å². The van der Waals surface area contributed by atoms with E-state index in [2.05, 4.69) is 26.1 Å². The Bertz CT molecular complexity index is 659. The highest BCUT2D eigenvalue weighted by molar-refractivity contribution is 9.10. The zero-order valence-corrected chi connectivity index (χ0v) is 11.7. The summed E-state index contributed by atoms with van der Waals surface area (Å²) in [5, 5.41) is 13.6. The quantitative estimate of drug-likeness (QED) is 0.891. The highest BCUT2D eigenvalue weighted by Gasteiger charge is 2.36. The van der Waals surface area contributed by atoms with E-state index in [4.69, 9.17) is 9.84 Å². The molecule has 10 heteroatoms. The highest BCUT2D eigenvalue weighted by atomic mass is 79.9. The largest absolute Gasteiger partial charge is 0.478 e. The number of halogens is 4. The molecule has 1 N–H and O–H groups in total. The fourth-order valence-corrected chi connectivity index (χ4v) is 2.15. The standard InChI is InChI=1S/C10H4BrF3N2O3S/c11-4-1-2-6(5(3-4)7(17)18)19-9-16-15-8(20-9)10(12,13)14/h1-3H,(H,17,18). The second-order valence-electron chi connectivity index (χ2n) is 3.42. The lowest BCUT2D eigenvalue weighted by atomic mass is 10.2. The Morgan fingerprint density at radius 3 is 2.60 bits per heavy atom. The molecule has 0 unspecified atom stereocenters. The number of carboxylic acids is 1. The molecule has 1 aromatic heterocycles. The Hall–Kier alpha value is -1.68. The Kier molecular flexibility index (Phi) is 3.95. The topological polar surface area (TPSA) is 72.3 Å². The van der Waals surface area contributed by atoms with Crippen molar-refractivity contribution in [3.8, 4) is 10.9 Å². The van der Waals surface area contributed by atoms with Gasteiger partial charge in [-0.25, -0.2) is 4.79 Å². The summed E-state index contributed by atoms with van der Waals surface area (Å²) in [5.41, 5.74) is -0.205. The van der Waals surface area contributed by atoms with Crippen molar-refractivity contribution in [2.75, 3.05) is 0 Å². The summed E-state index contributed by atoms with van der Waals surface area (Å²) in [6.07, 6.45) is -4.62. The van der Waals surface area contributed by atoms with E-state index in [9.17, 15) is 18.0 Å². The predicted molar refractivity (Wildman–Crippen MR) is 66.1 cm³/mol. The number of carbonyl (C=O) groups is 1. The molecule has 1 aromatic carbocycles. The Balaban J connectivity index is 2.31. The number of alkyl halides is 3. The molecule has 0 spiro atoms. The van der Waals surface area contributed by atoms with Gasteiger partial charge in [-0.2, -0.15) is 13.2 Å². The third-order valence-corrected chi connectivity index (χ3v) is 3.36. The molecule has 0 saturated heterocycles. The first-order valence-electron chi connectivity index (χ1n) is 4.89. The van der Waals surface area contributed by atoms with Crippen LogP contribution < -0.4 is 4.74 Å². The number of nitrogens with zero attached hydrogens (tertiary/aromatic N) is 2. The zero-order valence-electron chi connectivity index (χ0n) is 9.31. The molecule has 0 aliphatic carbocycles. The number of benzene rings is 1. The van der Waals surface area contributed by atoms with Gasteiger partial charge in [0.2, 0.25) is 5.01 Å². The van der Waals surface area contributed by atoms with Crippen LogP contribution in [0.1, 0.15) is 15.4 Å². The van der Waals surface area contributed by atoms with Gasteiger partial charge < -0.3 is 9.84 Å². The van der Waals surface area contributed by atoms with Crippen molar-refractivity contribution in [3.63, 3.8) is 0 Å². The van der Waals surface area contributed by atoms with Gasteiger partial charge in [0.1, 0.15) is 11.3 Å². The van der Waals surface area contributed by atoms with E-state index in [1.165, 1.54) is 18.2 Å². The van der Waals surface area contributed by atoms with Gasteiger partial charge in [-0.3, -0.25) is 0 Å². The Labute approximate surface area is 122 Å². The van der Waals surface area contributed by atoms with Crippen LogP contribution in [0.3, 0.4) is 0 Å². The molecule has 106 valence electrons. The minimum atomic E-state index is -4.62. The van der Waals surface area contributed by atoms with Crippen LogP contribution in [0.5, 0.6) is 10.9 Å². The van der Waals surface area contributed by atoms with Crippen molar-refractivity contribution in [3.05, 3.63) is 33.2 Å². The van der Waals surface area contributed by atoms with Gasteiger partial charge in [0.05, 0.1) is 0 Å². The van der Waals surface area contributed by atoms with Crippen LogP contribution in [0.4, 0.5) is 13.2 Å². The average molecular weight is 369 g/mol. The van der Waals surface area contributed by atoms with Crippen molar-refractivity contribution < 1.29 is 27.8 Å². The SMILES string of the molecule is O=C(O)c1cc(Br)ccc1Oc1nnc(C(F)(F)F)s1. The van der Waals surface area contributed by atoms with Gasteiger partial charge in [0.25, 0.3) is 5.19 Å². The van der Waals surface area contributed by atoms with Crippen molar-refractivity contribution in [2.24, 2.45) is 0 Å². The predicted octanol–water partition coefficient (Wildman–Crippen LogP) is 3.81. The Morgan fingerprint density at radius 2 is 2.05 bits per heavy atom. The van der Waals surface area contributed by atoms with Crippen LogP contribution in [0.2, 0.25) is 0 Å². The van der Waals surface area contributed by atoms with Gasteiger partial charge in [0, 0.05) is 4.47 Å². The third kappa shape index (κ3) is 3.25. The van der Waals surface area contributed by atoms with Gasteiger partial charge in [0.15, 0.2) is 0 Å². The first-order valence-corrected chi connectivity index (χ1v) is 6.49. The summed E-state index contributed by atoms with van der Waals surface area (Å²) in [7, 11) is 0. The van der Waals surface area contributed by atoms with Crippen molar-refractivity contribution in [1.82, 2.24) is 10.2 Å². The van der Waals surface area contributed by atoms with Gasteiger partial charge >= 0.3 is 12.1 Å². The number of aromatic nitrogens is 2. The summed E-state index contributed by atoms with van der Waals surface area (Å²) in [6.45, 7) is 0. The molecular weight excluding hydrogens is 365 g/mol. The lowest BCUT2D eigenvalue weighted by Gasteiger charge is -2.05. The molecular formula is C10H4BrF3N2O3S. The molecule has 0 saturated carbocycles. The molecule has 0 bridgehead atoms. The fourth-order valence-electron chi connectivity index (χ4n) is 1.22. The van der Waals surface area contributed by atoms with E-state index in [1.807, 2.05) is 0 Å².